The van der Waals surface area contributed by atoms with E-state index in [4.69, 9.17) is 0 Å². The van der Waals surface area contributed by atoms with E-state index in [0.29, 0.717) is 0 Å². The van der Waals surface area contributed by atoms with E-state index in [1.807, 2.05) is 62.1 Å². The summed E-state index contributed by atoms with van der Waals surface area (Å²) in [6.07, 6.45) is 3.83. The summed E-state index contributed by atoms with van der Waals surface area (Å²) in [6.45, 7) is 6.19. The van der Waals surface area contributed by atoms with Crippen LogP contribution in [-0.2, 0) is 5.41 Å². The van der Waals surface area contributed by atoms with E-state index in [1.54, 1.807) is 0 Å². The molecule has 2 aromatic rings. The molecular weight excluding hydrogens is 212 g/mol. The maximum Gasteiger partial charge on any atom is 0.0683 e. The van der Waals surface area contributed by atoms with Crippen LogP contribution in [0, 0.1) is 6.92 Å². The normalized spacial score (nSPS) is 11.8. The van der Waals surface area contributed by atoms with Crippen molar-refractivity contribution in [2.24, 2.45) is 0 Å². The highest BCUT2D eigenvalue weighted by Crippen LogP contribution is 2.28. The Labute approximate surface area is 102 Å². The van der Waals surface area contributed by atoms with Crippen LogP contribution in [0.5, 0.6) is 0 Å². The number of hydrogen-bond acceptors (Lipinski definition) is 2. The topological polar surface area (TPSA) is 38.0 Å². The minimum Gasteiger partial charge on any atom is -0.395 e. The van der Waals surface area contributed by atoms with Gasteiger partial charge in [-0.05, 0) is 24.1 Å². The largest absolute Gasteiger partial charge is 0.395 e. The van der Waals surface area contributed by atoms with Crippen molar-refractivity contribution in [2.45, 2.75) is 26.2 Å². The maximum atomic E-state index is 9.49. The Hall–Kier alpha value is -1.61. The fourth-order valence-electron chi connectivity index (χ4n) is 1.88. The van der Waals surface area contributed by atoms with E-state index in [9.17, 15) is 5.11 Å². The first-order chi connectivity index (χ1) is 8.04. The molecule has 1 aromatic carbocycles. The fraction of sp³-hybridized carbons (Fsp3) is 0.357. The van der Waals surface area contributed by atoms with E-state index < -0.39 is 0 Å². The van der Waals surface area contributed by atoms with Crippen LogP contribution in [0.15, 0.2) is 36.7 Å². The standard InChI is InChI=1S/C14H18N2O/c1-11-8-15-16(9-11)13-7-5-4-6-12(13)14(2,3)10-17/h4-9,17H,10H2,1-3H3. The summed E-state index contributed by atoms with van der Waals surface area (Å²) in [7, 11) is 0. The minimum atomic E-state index is -0.267. The Balaban J connectivity index is 2.55. The second kappa shape index (κ2) is 4.34. The van der Waals surface area contributed by atoms with Gasteiger partial charge < -0.3 is 5.11 Å². The molecule has 0 saturated heterocycles. The summed E-state index contributed by atoms with van der Waals surface area (Å²) < 4.78 is 1.86. The van der Waals surface area contributed by atoms with E-state index in [0.717, 1.165) is 16.8 Å². The van der Waals surface area contributed by atoms with Crippen LogP contribution in [0.25, 0.3) is 5.69 Å². The summed E-state index contributed by atoms with van der Waals surface area (Å²) in [5.41, 5.74) is 2.99. The second-order valence-electron chi connectivity index (χ2n) is 5.02. The van der Waals surface area contributed by atoms with E-state index in [-0.39, 0.29) is 12.0 Å². The molecule has 17 heavy (non-hydrogen) atoms. The first kappa shape index (κ1) is 11.9. The van der Waals surface area contributed by atoms with Crippen molar-refractivity contribution in [3.8, 4) is 5.69 Å². The molecule has 3 nitrogen and oxygen atoms in total. The third-order valence-corrected chi connectivity index (χ3v) is 2.99. The van der Waals surface area contributed by atoms with Gasteiger partial charge in [-0.3, -0.25) is 0 Å². The predicted molar refractivity (Wildman–Crippen MR) is 68.4 cm³/mol. The molecule has 1 aromatic heterocycles. The number of para-hydroxylation sites is 1. The number of rotatable bonds is 3. The molecule has 0 unspecified atom stereocenters. The van der Waals surface area contributed by atoms with Crippen LogP contribution >= 0.6 is 0 Å². The number of nitrogens with zero attached hydrogens (tertiary/aromatic N) is 2. The van der Waals surface area contributed by atoms with Gasteiger partial charge >= 0.3 is 0 Å². The highest BCUT2D eigenvalue weighted by atomic mass is 16.3. The van der Waals surface area contributed by atoms with Gasteiger partial charge in [0.05, 0.1) is 18.5 Å². The van der Waals surface area contributed by atoms with Gasteiger partial charge in [-0.2, -0.15) is 5.10 Å². The van der Waals surface area contributed by atoms with Gasteiger partial charge in [-0.25, -0.2) is 4.68 Å². The van der Waals surface area contributed by atoms with Crippen molar-refractivity contribution in [3.63, 3.8) is 0 Å². The molecule has 2 rings (SSSR count). The number of aliphatic hydroxyl groups is 1. The van der Waals surface area contributed by atoms with Crippen LogP contribution in [0.1, 0.15) is 25.0 Å². The van der Waals surface area contributed by atoms with Crippen LogP contribution in [-0.4, -0.2) is 21.5 Å². The zero-order valence-corrected chi connectivity index (χ0v) is 10.5. The molecule has 3 heteroatoms. The first-order valence-electron chi connectivity index (χ1n) is 5.76. The quantitative estimate of drug-likeness (QED) is 0.879. The molecule has 0 bridgehead atoms. The van der Waals surface area contributed by atoms with Crippen LogP contribution in [0.4, 0.5) is 0 Å². The van der Waals surface area contributed by atoms with E-state index in [1.165, 1.54) is 0 Å². The molecular formula is C14H18N2O. The summed E-state index contributed by atoms with van der Waals surface area (Å²) in [6, 6.07) is 8.05. The van der Waals surface area contributed by atoms with Crippen molar-refractivity contribution in [1.29, 1.82) is 0 Å². The maximum absolute atomic E-state index is 9.49. The SMILES string of the molecule is Cc1cnn(-c2ccccc2C(C)(C)CO)c1. The molecule has 0 fully saturated rings. The summed E-state index contributed by atoms with van der Waals surface area (Å²) in [5, 5.41) is 13.8. The number of aliphatic hydroxyl groups excluding tert-OH is 1. The van der Waals surface area contributed by atoms with Crippen molar-refractivity contribution < 1.29 is 5.11 Å². The van der Waals surface area contributed by atoms with Gasteiger partial charge in [-0.1, -0.05) is 32.0 Å². The molecule has 1 N–H and O–H groups in total. The minimum absolute atomic E-state index is 0.115. The lowest BCUT2D eigenvalue weighted by atomic mass is 9.84. The Kier molecular flexibility index (Phi) is 3.03. The van der Waals surface area contributed by atoms with Gasteiger partial charge in [0, 0.05) is 11.6 Å². The number of benzene rings is 1. The molecule has 0 amide bonds. The van der Waals surface area contributed by atoms with Gasteiger partial charge in [-0.15, -0.1) is 0 Å². The lowest BCUT2D eigenvalue weighted by Crippen LogP contribution is -2.24. The third kappa shape index (κ3) is 2.24. The van der Waals surface area contributed by atoms with E-state index >= 15 is 0 Å². The lowest BCUT2D eigenvalue weighted by Gasteiger charge is -2.25. The summed E-state index contributed by atoms with van der Waals surface area (Å²) in [5.74, 6) is 0. The van der Waals surface area contributed by atoms with Gasteiger partial charge in [0.1, 0.15) is 0 Å². The Morgan fingerprint density at radius 1 is 1.29 bits per heavy atom. The molecule has 0 saturated carbocycles. The average Bonchev–Trinajstić information content (AvgIpc) is 2.76. The highest BCUT2D eigenvalue weighted by molar-refractivity contribution is 5.45. The Bertz CT molecular complexity index is 514. The number of hydrogen-bond donors (Lipinski definition) is 1. The molecule has 0 spiro atoms. The van der Waals surface area contributed by atoms with Crippen LogP contribution in [0.2, 0.25) is 0 Å². The number of aromatic nitrogens is 2. The van der Waals surface area contributed by atoms with Crippen LogP contribution in [0.3, 0.4) is 0 Å². The smallest absolute Gasteiger partial charge is 0.0683 e. The van der Waals surface area contributed by atoms with Gasteiger partial charge in [0.25, 0.3) is 0 Å². The Morgan fingerprint density at radius 2 is 2.00 bits per heavy atom. The predicted octanol–water partition coefficient (Wildman–Crippen LogP) is 2.45. The third-order valence-electron chi connectivity index (χ3n) is 2.99. The van der Waals surface area contributed by atoms with Crippen molar-refractivity contribution in [2.75, 3.05) is 6.61 Å². The molecule has 0 atom stereocenters. The molecule has 0 aliphatic rings. The van der Waals surface area contributed by atoms with Gasteiger partial charge in [0.15, 0.2) is 0 Å². The fourth-order valence-corrected chi connectivity index (χ4v) is 1.88. The summed E-state index contributed by atoms with van der Waals surface area (Å²) in [4.78, 5) is 0. The van der Waals surface area contributed by atoms with Crippen molar-refractivity contribution in [1.82, 2.24) is 9.78 Å². The lowest BCUT2D eigenvalue weighted by molar-refractivity contribution is 0.218. The molecule has 1 heterocycles. The average molecular weight is 230 g/mol. The Morgan fingerprint density at radius 3 is 2.59 bits per heavy atom. The first-order valence-corrected chi connectivity index (χ1v) is 5.76. The monoisotopic (exact) mass is 230 g/mol. The number of aryl methyl sites for hydroxylation is 1. The van der Waals surface area contributed by atoms with Crippen LogP contribution < -0.4 is 0 Å². The van der Waals surface area contributed by atoms with Gasteiger partial charge in [0.2, 0.25) is 0 Å². The molecule has 0 radical (unpaired) electrons. The van der Waals surface area contributed by atoms with E-state index in [2.05, 4.69) is 5.10 Å². The second-order valence-corrected chi connectivity index (χ2v) is 5.02. The molecule has 0 aliphatic heterocycles. The molecule has 0 aliphatic carbocycles. The zero-order chi connectivity index (χ0) is 12.5. The van der Waals surface area contributed by atoms with Crippen molar-refractivity contribution >= 4 is 0 Å². The highest BCUT2D eigenvalue weighted by Gasteiger charge is 2.23. The molecule has 90 valence electrons. The zero-order valence-electron chi connectivity index (χ0n) is 10.5. The van der Waals surface area contributed by atoms with Crippen molar-refractivity contribution in [3.05, 3.63) is 47.8 Å². The summed E-state index contributed by atoms with van der Waals surface area (Å²) >= 11 is 0.